The van der Waals surface area contributed by atoms with E-state index in [0.29, 0.717) is 40.1 Å². The van der Waals surface area contributed by atoms with Crippen molar-refractivity contribution in [3.05, 3.63) is 118 Å². The molecule has 2 heterocycles. The number of aliphatic hydroxyl groups excluding tert-OH is 1. The number of aliphatic hydroxyl groups is 1. The molecule has 9 heteroatoms. The summed E-state index contributed by atoms with van der Waals surface area (Å²) >= 11 is 1.33. The van der Waals surface area contributed by atoms with Crippen LogP contribution in [0.4, 0.5) is 5.13 Å². The molecule has 1 aliphatic heterocycles. The number of anilines is 1. The van der Waals surface area contributed by atoms with Gasteiger partial charge in [-0.3, -0.25) is 14.5 Å². The molecular weight excluding hydrogens is 576 g/mol. The highest BCUT2D eigenvalue weighted by Crippen LogP contribution is 2.46. The zero-order valence-corrected chi connectivity index (χ0v) is 25.5. The van der Waals surface area contributed by atoms with E-state index in [1.807, 2.05) is 56.3 Å². The number of ether oxygens (including phenoxy) is 3. The Labute approximate surface area is 258 Å². The van der Waals surface area contributed by atoms with Crippen LogP contribution in [0, 0.1) is 13.8 Å². The van der Waals surface area contributed by atoms with E-state index in [1.54, 1.807) is 49.6 Å². The lowest BCUT2D eigenvalue weighted by atomic mass is 9.95. The molecular formula is C35H30N2O6S. The maximum absolute atomic E-state index is 13.8. The molecule has 0 aliphatic carbocycles. The van der Waals surface area contributed by atoms with Crippen LogP contribution in [0.3, 0.4) is 0 Å². The Morgan fingerprint density at radius 1 is 0.909 bits per heavy atom. The number of hydrogen-bond acceptors (Lipinski definition) is 8. The summed E-state index contributed by atoms with van der Waals surface area (Å²) < 4.78 is 17.9. The van der Waals surface area contributed by atoms with Crippen LogP contribution in [-0.4, -0.2) is 36.0 Å². The minimum Gasteiger partial charge on any atom is -0.507 e. The van der Waals surface area contributed by atoms with Crippen LogP contribution in [-0.2, 0) is 16.2 Å². The Balaban J connectivity index is 1.49. The second-order valence-corrected chi connectivity index (χ2v) is 11.5. The van der Waals surface area contributed by atoms with Gasteiger partial charge in [-0.1, -0.05) is 53.8 Å². The third-order valence-electron chi connectivity index (χ3n) is 7.57. The van der Waals surface area contributed by atoms with Crippen molar-refractivity contribution in [1.29, 1.82) is 0 Å². The molecule has 222 valence electrons. The van der Waals surface area contributed by atoms with Gasteiger partial charge in [-0.2, -0.15) is 0 Å². The minimum atomic E-state index is -0.976. The van der Waals surface area contributed by atoms with E-state index in [-0.39, 0.29) is 11.3 Å². The fourth-order valence-corrected chi connectivity index (χ4v) is 6.59. The van der Waals surface area contributed by atoms with Gasteiger partial charge in [0, 0.05) is 5.56 Å². The minimum absolute atomic E-state index is 0.0488. The number of thiazole rings is 1. The van der Waals surface area contributed by atoms with Crippen molar-refractivity contribution in [2.45, 2.75) is 26.5 Å². The van der Waals surface area contributed by atoms with Crippen molar-refractivity contribution in [3.63, 3.8) is 0 Å². The van der Waals surface area contributed by atoms with Crippen molar-refractivity contribution in [2.24, 2.45) is 0 Å². The van der Waals surface area contributed by atoms with Crippen LogP contribution in [0.2, 0.25) is 0 Å². The zero-order valence-electron chi connectivity index (χ0n) is 24.7. The molecule has 1 saturated heterocycles. The molecule has 1 fully saturated rings. The molecule has 1 aromatic heterocycles. The Morgan fingerprint density at radius 2 is 1.66 bits per heavy atom. The first-order valence-electron chi connectivity index (χ1n) is 14.0. The summed E-state index contributed by atoms with van der Waals surface area (Å²) in [5.74, 6) is -0.368. The Kier molecular flexibility index (Phi) is 7.80. The smallest absolute Gasteiger partial charge is 0.301 e. The second kappa shape index (κ2) is 11.9. The summed E-state index contributed by atoms with van der Waals surface area (Å²) in [7, 11) is 3.07. The van der Waals surface area contributed by atoms with Crippen molar-refractivity contribution in [3.8, 4) is 17.2 Å². The first-order valence-corrected chi connectivity index (χ1v) is 14.8. The monoisotopic (exact) mass is 606 g/mol. The number of fused-ring (bicyclic) bond motifs is 1. The van der Waals surface area contributed by atoms with E-state index >= 15 is 0 Å². The van der Waals surface area contributed by atoms with Gasteiger partial charge in [0.1, 0.15) is 18.1 Å². The third kappa shape index (κ3) is 5.26. The number of amides is 1. The molecule has 44 heavy (non-hydrogen) atoms. The van der Waals surface area contributed by atoms with Gasteiger partial charge in [-0.25, -0.2) is 4.98 Å². The molecule has 4 aromatic carbocycles. The highest BCUT2D eigenvalue weighted by atomic mass is 32.1. The molecule has 1 N–H and O–H groups in total. The first kappa shape index (κ1) is 28.9. The molecule has 0 spiro atoms. The van der Waals surface area contributed by atoms with Gasteiger partial charge < -0.3 is 19.3 Å². The molecule has 1 atom stereocenters. The Hall–Kier alpha value is -5.15. The number of hydrogen-bond donors (Lipinski definition) is 1. The van der Waals surface area contributed by atoms with Crippen molar-refractivity contribution in [2.75, 3.05) is 19.1 Å². The molecule has 1 unspecified atom stereocenters. The van der Waals surface area contributed by atoms with Crippen molar-refractivity contribution < 1.29 is 28.9 Å². The number of ketones is 1. The second-order valence-electron chi connectivity index (χ2n) is 10.5. The van der Waals surface area contributed by atoms with E-state index in [9.17, 15) is 14.7 Å². The molecule has 0 bridgehead atoms. The number of carbonyl (C=O) groups is 2. The largest absolute Gasteiger partial charge is 0.507 e. The van der Waals surface area contributed by atoms with Crippen LogP contribution >= 0.6 is 11.3 Å². The lowest BCUT2D eigenvalue weighted by molar-refractivity contribution is -0.132. The summed E-state index contributed by atoms with van der Waals surface area (Å²) in [5.41, 5.74) is 4.66. The van der Waals surface area contributed by atoms with E-state index in [2.05, 4.69) is 0 Å². The Morgan fingerprint density at radius 3 is 2.36 bits per heavy atom. The van der Waals surface area contributed by atoms with E-state index in [4.69, 9.17) is 19.2 Å². The molecule has 8 nitrogen and oxygen atoms in total. The molecule has 1 aliphatic rings. The number of benzene rings is 4. The Bertz CT molecular complexity index is 1910. The quantitative estimate of drug-likeness (QED) is 0.114. The fourth-order valence-electron chi connectivity index (χ4n) is 5.42. The van der Waals surface area contributed by atoms with Gasteiger partial charge in [-0.15, -0.1) is 0 Å². The first-order chi connectivity index (χ1) is 21.3. The molecule has 5 aromatic rings. The number of carbonyl (C=O) groups excluding carboxylic acids is 2. The maximum Gasteiger partial charge on any atom is 0.301 e. The van der Waals surface area contributed by atoms with Crippen LogP contribution in [0.1, 0.15) is 33.9 Å². The number of Topliss-reactive ketones (excluding diaryl/α,β-unsaturated/α-hetero) is 1. The summed E-state index contributed by atoms with van der Waals surface area (Å²) in [6.07, 6.45) is 0. The summed E-state index contributed by atoms with van der Waals surface area (Å²) in [6.45, 7) is 4.30. The van der Waals surface area contributed by atoms with E-state index in [1.165, 1.54) is 23.3 Å². The van der Waals surface area contributed by atoms with Gasteiger partial charge in [0.25, 0.3) is 5.78 Å². The SMILES string of the molecule is COc1ccc(C(O)=C2C(=O)C(=O)N(c3nc4c(C)cc(C)cc4s3)C2c2ccc(OCc3ccccc3)c(OC)c2)cc1. The van der Waals surface area contributed by atoms with E-state index in [0.717, 1.165) is 26.9 Å². The number of aromatic nitrogens is 1. The van der Waals surface area contributed by atoms with Crippen LogP contribution in [0.5, 0.6) is 17.2 Å². The molecule has 1 amide bonds. The van der Waals surface area contributed by atoms with Crippen LogP contribution in [0.15, 0.2) is 90.5 Å². The van der Waals surface area contributed by atoms with Crippen LogP contribution < -0.4 is 19.1 Å². The third-order valence-corrected chi connectivity index (χ3v) is 8.57. The van der Waals surface area contributed by atoms with Gasteiger partial charge in [-0.05, 0) is 78.6 Å². The highest BCUT2D eigenvalue weighted by molar-refractivity contribution is 7.22. The highest BCUT2D eigenvalue weighted by Gasteiger charge is 2.48. The van der Waals surface area contributed by atoms with E-state index < -0.39 is 17.7 Å². The number of nitrogens with zero attached hydrogens (tertiary/aromatic N) is 2. The summed E-state index contributed by atoms with van der Waals surface area (Å²) in [5, 5.41) is 11.9. The maximum atomic E-state index is 13.8. The zero-order chi connectivity index (χ0) is 31.0. The van der Waals surface area contributed by atoms with Gasteiger partial charge in [0.15, 0.2) is 16.6 Å². The molecule has 6 rings (SSSR count). The lowest BCUT2D eigenvalue weighted by Gasteiger charge is -2.24. The average molecular weight is 607 g/mol. The number of methoxy groups -OCH3 is 2. The number of rotatable bonds is 8. The standard InChI is InChI=1S/C35H30N2O6S/c1-20-16-21(2)30-28(17-20)44-35(36-30)37-31(29(33(39)34(37)40)32(38)23-10-13-25(41-3)14-11-23)24-12-15-26(27(18-24)42-4)43-19-22-8-6-5-7-9-22/h5-18,31,38H,19H2,1-4H3. The summed E-state index contributed by atoms with van der Waals surface area (Å²) in [6, 6.07) is 24.7. The molecule has 0 radical (unpaired) electrons. The van der Waals surface area contributed by atoms with Crippen LogP contribution in [0.25, 0.3) is 16.0 Å². The fraction of sp³-hybridized carbons (Fsp3) is 0.171. The topological polar surface area (TPSA) is 98.2 Å². The predicted molar refractivity (Wildman–Crippen MR) is 171 cm³/mol. The molecule has 0 saturated carbocycles. The van der Waals surface area contributed by atoms with Gasteiger partial charge in [0.2, 0.25) is 0 Å². The average Bonchev–Trinajstić information content (AvgIpc) is 3.58. The van der Waals surface area contributed by atoms with Crippen molar-refractivity contribution >= 4 is 44.1 Å². The van der Waals surface area contributed by atoms with Gasteiger partial charge in [0.05, 0.1) is 36.1 Å². The lowest BCUT2D eigenvalue weighted by Crippen LogP contribution is -2.29. The van der Waals surface area contributed by atoms with Gasteiger partial charge >= 0.3 is 5.91 Å². The van der Waals surface area contributed by atoms with Crippen molar-refractivity contribution in [1.82, 2.24) is 4.98 Å². The predicted octanol–water partition coefficient (Wildman–Crippen LogP) is 7.14. The number of aryl methyl sites for hydroxylation is 2. The normalized spacial score (nSPS) is 16.0. The summed E-state index contributed by atoms with van der Waals surface area (Å²) in [4.78, 5) is 33.7.